The normalized spacial score (nSPS) is 17.4. The third kappa shape index (κ3) is 5.51. The number of rotatable bonds is 7. The number of hydrogen-bond donors (Lipinski definition) is 1. The van der Waals surface area contributed by atoms with Crippen LogP contribution >= 0.6 is 0 Å². The third-order valence-corrected chi connectivity index (χ3v) is 5.47. The van der Waals surface area contributed by atoms with Crippen molar-refractivity contribution in [1.82, 2.24) is 9.97 Å². The quantitative estimate of drug-likeness (QED) is 0.517. The molecule has 182 valence electrons. The van der Waals surface area contributed by atoms with Crippen LogP contribution in [0.1, 0.15) is 29.9 Å². The van der Waals surface area contributed by atoms with Crippen molar-refractivity contribution in [3.05, 3.63) is 53.3 Å². The van der Waals surface area contributed by atoms with Crippen molar-refractivity contribution in [2.24, 2.45) is 0 Å². The summed E-state index contributed by atoms with van der Waals surface area (Å²) in [5.41, 5.74) is 0.406. The number of nitrogens with one attached hydrogen (secondary N) is 1. The van der Waals surface area contributed by atoms with Crippen molar-refractivity contribution < 1.29 is 32.1 Å². The Labute approximate surface area is 195 Å². The number of benzene rings is 2. The molecule has 2 atom stereocenters. The first-order chi connectivity index (χ1) is 16.2. The van der Waals surface area contributed by atoms with Crippen molar-refractivity contribution in [1.29, 1.82) is 0 Å². The summed E-state index contributed by atoms with van der Waals surface area (Å²) in [5, 5.41) is 3.89. The Morgan fingerprint density at radius 3 is 2.68 bits per heavy atom. The Balaban J connectivity index is 1.64. The number of halogens is 3. The summed E-state index contributed by atoms with van der Waals surface area (Å²) in [4.78, 5) is 8.98. The second-order valence-electron chi connectivity index (χ2n) is 8.01. The maximum absolute atomic E-state index is 13.2. The lowest BCUT2D eigenvalue weighted by atomic mass is 10.0. The smallest absolute Gasteiger partial charge is 0.416 e. The van der Waals surface area contributed by atoms with Crippen LogP contribution in [0.3, 0.4) is 0 Å². The Bertz CT molecular complexity index is 1150. The van der Waals surface area contributed by atoms with Gasteiger partial charge in [0, 0.05) is 17.5 Å². The van der Waals surface area contributed by atoms with E-state index in [1.165, 1.54) is 13.2 Å². The first-order valence-corrected chi connectivity index (χ1v) is 10.9. The average molecular weight is 477 g/mol. The van der Waals surface area contributed by atoms with Crippen LogP contribution < -0.4 is 14.8 Å². The van der Waals surface area contributed by atoms with Gasteiger partial charge in [-0.3, -0.25) is 0 Å². The largest absolute Gasteiger partial charge is 0.493 e. The standard InChI is InChI=1S/C24H26F3N3O4/c1-14(16-5-4-6-17(9-16)24(25,26)27)28-23-19-10-22(34-13-18-12-32-7-8-33-18)21(31-3)11-20(19)29-15(2)30-23/h4-6,9-11,14,18H,7-8,12-13H2,1-3H3,(H,28,29,30)/t14-,18+/m1/s1. The van der Waals surface area contributed by atoms with Gasteiger partial charge >= 0.3 is 6.18 Å². The van der Waals surface area contributed by atoms with Crippen LogP contribution in [0.2, 0.25) is 0 Å². The molecule has 1 N–H and O–H groups in total. The van der Waals surface area contributed by atoms with E-state index in [9.17, 15) is 13.2 Å². The van der Waals surface area contributed by atoms with Gasteiger partial charge in [0.1, 0.15) is 24.4 Å². The molecule has 1 fully saturated rings. The van der Waals surface area contributed by atoms with Crippen molar-refractivity contribution >= 4 is 16.7 Å². The highest BCUT2D eigenvalue weighted by atomic mass is 19.4. The van der Waals surface area contributed by atoms with Gasteiger partial charge in [-0.25, -0.2) is 9.97 Å². The molecule has 0 aliphatic carbocycles. The Kier molecular flexibility index (Phi) is 7.08. The SMILES string of the molecule is COc1cc2nc(C)nc(N[C@H](C)c3cccc(C(F)(F)F)c3)c2cc1OC[C@@H]1COCCO1. The van der Waals surface area contributed by atoms with Gasteiger partial charge in [0.05, 0.1) is 38.0 Å². The van der Waals surface area contributed by atoms with Crippen LogP contribution in [-0.4, -0.2) is 49.6 Å². The molecule has 4 rings (SSSR count). The lowest BCUT2D eigenvalue weighted by Crippen LogP contribution is -2.33. The predicted molar refractivity (Wildman–Crippen MR) is 120 cm³/mol. The van der Waals surface area contributed by atoms with E-state index in [1.807, 2.05) is 0 Å². The Morgan fingerprint density at radius 1 is 1.15 bits per heavy atom. The van der Waals surface area contributed by atoms with Crippen LogP contribution in [0.4, 0.5) is 19.0 Å². The molecule has 0 spiro atoms. The number of aryl methyl sites for hydroxylation is 1. The molecule has 10 heteroatoms. The number of anilines is 1. The van der Waals surface area contributed by atoms with E-state index in [4.69, 9.17) is 18.9 Å². The first kappa shape index (κ1) is 24.0. The van der Waals surface area contributed by atoms with Crippen molar-refractivity contribution in [3.63, 3.8) is 0 Å². The predicted octanol–water partition coefficient (Wildman–Crippen LogP) is 4.93. The molecule has 1 saturated heterocycles. The number of methoxy groups -OCH3 is 1. The number of aromatic nitrogens is 2. The number of ether oxygens (including phenoxy) is 4. The molecule has 0 amide bonds. The molecule has 7 nitrogen and oxygen atoms in total. The van der Waals surface area contributed by atoms with Gasteiger partial charge in [-0.2, -0.15) is 13.2 Å². The maximum atomic E-state index is 13.2. The molecule has 2 heterocycles. The van der Waals surface area contributed by atoms with Gasteiger partial charge in [0.2, 0.25) is 0 Å². The molecule has 1 aliphatic heterocycles. The van der Waals surface area contributed by atoms with Gasteiger partial charge in [-0.1, -0.05) is 12.1 Å². The molecule has 3 aromatic rings. The molecular formula is C24H26F3N3O4. The fourth-order valence-electron chi connectivity index (χ4n) is 3.72. The number of nitrogens with zero attached hydrogens (tertiary/aromatic N) is 2. The molecule has 34 heavy (non-hydrogen) atoms. The van der Waals surface area contributed by atoms with Gasteiger partial charge in [0.25, 0.3) is 0 Å². The fourth-order valence-corrected chi connectivity index (χ4v) is 3.72. The first-order valence-electron chi connectivity index (χ1n) is 10.9. The second kappa shape index (κ2) is 10.0. The zero-order chi connectivity index (χ0) is 24.3. The molecule has 0 radical (unpaired) electrons. The van der Waals surface area contributed by atoms with E-state index >= 15 is 0 Å². The van der Waals surface area contributed by atoms with Crippen molar-refractivity contribution in [2.75, 3.05) is 38.9 Å². The monoisotopic (exact) mass is 477 g/mol. The number of alkyl halides is 3. The summed E-state index contributed by atoms with van der Waals surface area (Å²) in [6, 6.07) is 8.30. The summed E-state index contributed by atoms with van der Waals surface area (Å²) in [5.74, 6) is 1.97. The Morgan fingerprint density at radius 2 is 1.97 bits per heavy atom. The Hall–Kier alpha value is -3.11. The summed E-state index contributed by atoms with van der Waals surface area (Å²) in [6.45, 7) is 5.32. The zero-order valence-corrected chi connectivity index (χ0v) is 19.1. The fraction of sp³-hybridized carbons (Fsp3) is 0.417. The summed E-state index contributed by atoms with van der Waals surface area (Å²) < 4.78 is 62.0. The van der Waals surface area contributed by atoms with Gasteiger partial charge in [-0.05, 0) is 37.6 Å². The van der Waals surface area contributed by atoms with E-state index in [0.29, 0.717) is 59.4 Å². The lowest BCUT2D eigenvalue weighted by Gasteiger charge is -2.23. The van der Waals surface area contributed by atoms with E-state index in [2.05, 4.69) is 15.3 Å². The van der Waals surface area contributed by atoms with E-state index < -0.39 is 17.8 Å². The molecule has 0 saturated carbocycles. The van der Waals surface area contributed by atoms with Crippen LogP contribution in [0, 0.1) is 6.92 Å². The molecule has 0 bridgehead atoms. The summed E-state index contributed by atoms with van der Waals surface area (Å²) in [6.07, 6.45) is -4.61. The number of fused-ring (bicyclic) bond motifs is 1. The van der Waals surface area contributed by atoms with Crippen molar-refractivity contribution in [3.8, 4) is 11.5 Å². The minimum atomic E-state index is -4.41. The van der Waals surface area contributed by atoms with Crippen LogP contribution in [0.25, 0.3) is 10.9 Å². The molecular weight excluding hydrogens is 451 g/mol. The van der Waals surface area contributed by atoms with Gasteiger partial charge in [-0.15, -0.1) is 0 Å². The minimum absolute atomic E-state index is 0.193. The summed E-state index contributed by atoms with van der Waals surface area (Å²) in [7, 11) is 1.54. The summed E-state index contributed by atoms with van der Waals surface area (Å²) >= 11 is 0. The van der Waals surface area contributed by atoms with Crippen LogP contribution in [0.15, 0.2) is 36.4 Å². The zero-order valence-electron chi connectivity index (χ0n) is 19.1. The van der Waals surface area contributed by atoms with Crippen molar-refractivity contribution in [2.45, 2.75) is 32.2 Å². The third-order valence-electron chi connectivity index (χ3n) is 5.47. The van der Waals surface area contributed by atoms with E-state index in [1.54, 1.807) is 32.0 Å². The molecule has 1 aliphatic rings. The highest BCUT2D eigenvalue weighted by Crippen LogP contribution is 2.36. The lowest BCUT2D eigenvalue weighted by molar-refractivity contribution is -0.137. The highest BCUT2D eigenvalue weighted by Gasteiger charge is 2.30. The topological polar surface area (TPSA) is 74.7 Å². The molecule has 2 aromatic carbocycles. The average Bonchev–Trinajstić information content (AvgIpc) is 2.82. The van der Waals surface area contributed by atoms with Crippen LogP contribution in [-0.2, 0) is 15.7 Å². The number of hydrogen-bond acceptors (Lipinski definition) is 7. The van der Waals surface area contributed by atoms with E-state index in [0.717, 1.165) is 12.1 Å². The van der Waals surface area contributed by atoms with Crippen LogP contribution in [0.5, 0.6) is 11.5 Å². The second-order valence-corrected chi connectivity index (χ2v) is 8.01. The maximum Gasteiger partial charge on any atom is 0.416 e. The molecule has 1 aromatic heterocycles. The van der Waals surface area contributed by atoms with Gasteiger partial charge in [0.15, 0.2) is 11.5 Å². The van der Waals surface area contributed by atoms with Gasteiger partial charge < -0.3 is 24.3 Å². The highest BCUT2D eigenvalue weighted by molar-refractivity contribution is 5.92. The minimum Gasteiger partial charge on any atom is -0.493 e. The molecule has 0 unspecified atom stereocenters. The van der Waals surface area contributed by atoms with E-state index in [-0.39, 0.29) is 12.7 Å².